The zero-order valence-electron chi connectivity index (χ0n) is 16.7. The Morgan fingerprint density at radius 3 is 2.68 bits per heavy atom. The first-order chi connectivity index (χ1) is 13.4. The normalized spacial score (nSPS) is 15.5. The van der Waals surface area contributed by atoms with Crippen molar-refractivity contribution in [1.29, 1.82) is 0 Å². The van der Waals surface area contributed by atoms with Gasteiger partial charge in [-0.05, 0) is 49.1 Å². The number of aryl methyl sites for hydroxylation is 1. The molecule has 28 heavy (non-hydrogen) atoms. The highest BCUT2D eigenvalue weighted by Crippen LogP contribution is 2.33. The Bertz CT molecular complexity index is 875. The van der Waals surface area contributed by atoms with Crippen molar-refractivity contribution in [2.45, 2.75) is 25.8 Å². The molecule has 0 radical (unpaired) electrons. The molecule has 7 heteroatoms. The van der Waals surface area contributed by atoms with E-state index in [1.165, 1.54) is 4.88 Å². The number of nitrogens with zero attached hydrogens (tertiary/aromatic N) is 1. The number of amides is 2. The fourth-order valence-corrected chi connectivity index (χ4v) is 4.65. The third kappa shape index (κ3) is 4.30. The first-order valence-corrected chi connectivity index (χ1v) is 10.1. The highest BCUT2D eigenvalue weighted by molar-refractivity contribution is 7.14. The number of ether oxygens (including phenoxy) is 2. The minimum absolute atomic E-state index is 0.0190. The molecule has 1 atom stereocenters. The molecule has 0 saturated carbocycles. The fraction of sp³-hybridized carbons (Fsp3) is 0.429. The summed E-state index contributed by atoms with van der Waals surface area (Å²) in [5, 5.41) is 3.03. The average molecular weight is 403 g/mol. The van der Waals surface area contributed by atoms with Crippen molar-refractivity contribution < 1.29 is 19.1 Å². The lowest BCUT2D eigenvalue weighted by Gasteiger charge is -2.21. The van der Waals surface area contributed by atoms with E-state index in [0.717, 1.165) is 40.3 Å². The van der Waals surface area contributed by atoms with Crippen LogP contribution in [0.1, 0.15) is 32.1 Å². The van der Waals surface area contributed by atoms with Gasteiger partial charge >= 0.3 is 0 Å². The lowest BCUT2D eigenvalue weighted by Crippen LogP contribution is -2.33. The molecule has 0 unspecified atom stereocenters. The van der Waals surface area contributed by atoms with Gasteiger partial charge in [-0.1, -0.05) is 0 Å². The maximum atomic E-state index is 12.7. The van der Waals surface area contributed by atoms with Crippen molar-refractivity contribution >= 4 is 23.2 Å². The molecule has 0 saturated heterocycles. The molecule has 150 valence electrons. The summed E-state index contributed by atoms with van der Waals surface area (Å²) in [5.41, 5.74) is 2.00. The summed E-state index contributed by atoms with van der Waals surface area (Å²) in [6.07, 6.45) is 2.30. The summed E-state index contributed by atoms with van der Waals surface area (Å²) in [6.45, 7) is 0.385. The number of hydrogen-bond donors (Lipinski definition) is 1. The van der Waals surface area contributed by atoms with Crippen molar-refractivity contribution in [3.8, 4) is 11.5 Å². The fourth-order valence-electron chi connectivity index (χ4n) is 3.42. The van der Waals surface area contributed by atoms with Crippen LogP contribution >= 0.6 is 11.3 Å². The predicted molar refractivity (Wildman–Crippen MR) is 109 cm³/mol. The highest BCUT2D eigenvalue weighted by Gasteiger charge is 2.27. The number of benzene rings is 1. The zero-order chi connectivity index (χ0) is 20.3. The highest BCUT2D eigenvalue weighted by atomic mass is 32.1. The van der Waals surface area contributed by atoms with Gasteiger partial charge in [0.1, 0.15) is 11.5 Å². The molecule has 1 aromatic carbocycles. The van der Waals surface area contributed by atoms with E-state index >= 15 is 0 Å². The standard InChI is InChI=1S/C21H26N2O4S/c1-23(2)21(25)19-11-14-9-13(5-8-18(14)28-19)20(24)22-12-15-10-16(26-3)6-7-17(15)27-4/h6-7,10-11,13H,5,8-9,12H2,1-4H3,(H,22,24)/t13-/m0/s1. The number of fused-ring (bicyclic) bond motifs is 1. The molecule has 0 aliphatic heterocycles. The monoisotopic (exact) mass is 402 g/mol. The first kappa shape index (κ1) is 20.2. The number of thiophene rings is 1. The van der Waals surface area contributed by atoms with E-state index in [1.807, 2.05) is 24.3 Å². The van der Waals surface area contributed by atoms with Crippen molar-refractivity contribution in [3.05, 3.63) is 45.1 Å². The van der Waals surface area contributed by atoms with Gasteiger partial charge in [-0.2, -0.15) is 0 Å². The molecule has 1 aliphatic rings. The van der Waals surface area contributed by atoms with Gasteiger partial charge in [0.05, 0.1) is 19.1 Å². The van der Waals surface area contributed by atoms with E-state index in [4.69, 9.17) is 9.47 Å². The Balaban J connectivity index is 1.65. The number of nitrogens with one attached hydrogen (secondary N) is 1. The second-order valence-corrected chi connectivity index (χ2v) is 8.23. The van der Waals surface area contributed by atoms with Crippen LogP contribution in [-0.2, 0) is 24.2 Å². The SMILES string of the molecule is COc1ccc(OC)c(CNC(=O)[C@H]2CCc3sc(C(=O)N(C)C)cc3C2)c1. The lowest BCUT2D eigenvalue weighted by molar-refractivity contribution is -0.125. The molecule has 0 spiro atoms. The van der Waals surface area contributed by atoms with Crippen LogP contribution < -0.4 is 14.8 Å². The van der Waals surface area contributed by atoms with Crippen molar-refractivity contribution in [2.75, 3.05) is 28.3 Å². The maximum absolute atomic E-state index is 12.7. The number of methoxy groups -OCH3 is 2. The lowest BCUT2D eigenvalue weighted by atomic mass is 9.87. The summed E-state index contributed by atoms with van der Waals surface area (Å²) in [6, 6.07) is 7.49. The minimum Gasteiger partial charge on any atom is -0.497 e. The number of carbonyl (C=O) groups excluding carboxylic acids is 2. The molecule has 0 bridgehead atoms. The molecule has 1 aromatic heterocycles. The van der Waals surface area contributed by atoms with Gasteiger partial charge in [0.15, 0.2) is 0 Å². The zero-order valence-corrected chi connectivity index (χ0v) is 17.5. The smallest absolute Gasteiger partial charge is 0.263 e. The molecule has 2 amide bonds. The van der Waals surface area contributed by atoms with E-state index in [2.05, 4.69) is 5.32 Å². The molecule has 1 N–H and O–H groups in total. The molecule has 6 nitrogen and oxygen atoms in total. The molecule has 1 aliphatic carbocycles. The van der Waals surface area contributed by atoms with Gasteiger partial charge in [-0.15, -0.1) is 11.3 Å². The third-order valence-electron chi connectivity index (χ3n) is 5.01. The molecule has 3 rings (SSSR count). The Kier molecular flexibility index (Phi) is 6.24. The van der Waals surface area contributed by atoms with E-state index in [-0.39, 0.29) is 17.7 Å². The van der Waals surface area contributed by atoms with Crippen molar-refractivity contribution in [3.63, 3.8) is 0 Å². The van der Waals surface area contributed by atoms with Crippen LogP contribution in [0.5, 0.6) is 11.5 Å². The van der Waals surface area contributed by atoms with Crippen LogP contribution in [0.15, 0.2) is 24.3 Å². The second-order valence-electron chi connectivity index (χ2n) is 7.09. The summed E-state index contributed by atoms with van der Waals surface area (Å²) < 4.78 is 10.6. The topological polar surface area (TPSA) is 67.9 Å². The van der Waals surface area contributed by atoms with Crippen LogP contribution in [0, 0.1) is 5.92 Å². The molecule has 2 aromatic rings. The van der Waals surface area contributed by atoms with Crippen LogP contribution in [0.4, 0.5) is 0 Å². The first-order valence-electron chi connectivity index (χ1n) is 9.24. The van der Waals surface area contributed by atoms with Gasteiger partial charge < -0.3 is 19.7 Å². The van der Waals surface area contributed by atoms with Crippen molar-refractivity contribution in [1.82, 2.24) is 10.2 Å². The van der Waals surface area contributed by atoms with E-state index in [0.29, 0.717) is 13.0 Å². The summed E-state index contributed by atoms with van der Waals surface area (Å²) in [4.78, 5) is 28.5. The van der Waals surface area contributed by atoms with E-state index < -0.39 is 0 Å². The minimum atomic E-state index is -0.0824. The number of carbonyl (C=O) groups is 2. The summed E-state index contributed by atoms with van der Waals surface area (Å²) in [7, 11) is 6.73. The average Bonchev–Trinajstić information content (AvgIpc) is 3.14. The van der Waals surface area contributed by atoms with E-state index in [1.54, 1.807) is 44.6 Å². The summed E-state index contributed by atoms with van der Waals surface area (Å²) in [5.74, 6) is 1.41. The quantitative estimate of drug-likeness (QED) is 0.807. The van der Waals surface area contributed by atoms with Gasteiger partial charge in [-0.25, -0.2) is 0 Å². The van der Waals surface area contributed by atoms with Crippen LogP contribution in [-0.4, -0.2) is 45.0 Å². The van der Waals surface area contributed by atoms with Gasteiger partial charge in [0.25, 0.3) is 5.91 Å². The Labute approximate surface area is 169 Å². The Morgan fingerprint density at radius 1 is 1.21 bits per heavy atom. The van der Waals surface area contributed by atoms with Gasteiger partial charge in [-0.3, -0.25) is 9.59 Å². The third-order valence-corrected chi connectivity index (χ3v) is 6.24. The largest absolute Gasteiger partial charge is 0.497 e. The van der Waals surface area contributed by atoms with Crippen molar-refractivity contribution in [2.24, 2.45) is 5.92 Å². The Hall–Kier alpha value is -2.54. The molecule has 0 fully saturated rings. The number of rotatable bonds is 6. The van der Waals surface area contributed by atoms with Gasteiger partial charge in [0, 0.05) is 37.0 Å². The number of hydrogen-bond acceptors (Lipinski definition) is 5. The summed E-state index contributed by atoms with van der Waals surface area (Å²) >= 11 is 1.55. The predicted octanol–water partition coefficient (Wildman–Crippen LogP) is 2.89. The molecular weight excluding hydrogens is 376 g/mol. The molecular formula is C21H26N2O4S. The van der Waals surface area contributed by atoms with Crippen LogP contribution in [0.25, 0.3) is 0 Å². The second kappa shape index (κ2) is 8.65. The Morgan fingerprint density at radius 2 is 2.00 bits per heavy atom. The van der Waals surface area contributed by atoms with Crippen LogP contribution in [0.3, 0.4) is 0 Å². The van der Waals surface area contributed by atoms with Gasteiger partial charge in [0.2, 0.25) is 5.91 Å². The molecule has 1 heterocycles. The van der Waals surface area contributed by atoms with Crippen LogP contribution in [0.2, 0.25) is 0 Å². The maximum Gasteiger partial charge on any atom is 0.263 e. The van der Waals surface area contributed by atoms with E-state index in [9.17, 15) is 9.59 Å².